The first-order valence-corrected chi connectivity index (χ1v) is 5.01. The summed E-state index contributed by atoms with van der Waals surface area (Å²) in [7, 11) is 0. The van der Waals surface area contributed by atoms with Crippen molar-refractivity contribution in [2.75, 3.05) is 0 Å². The van der Waals surface area contributed by atoms with Gasteiger partial charge >= 0.3 is 0 Å². The molecule has 14 heavy (non-hydrogen) atoms. The topological polar surface area (TPSA) is 46.0 Å². The maximum Gasteiger partial charge on any atom is 0.131 e. The standard InChI is InChI=1S/C11H18N2O/c1-7(2)11-12-8(3)5-10(13-11)6-9(4)14/h5,7,9,14H,6H2,1-4H3. The zero-order valence-electron chi connectivity index (χ0n) is 9.28. The van der Waals surface area contributed by atoms with Crippen LogP contribution in [0.25, 0.3) is 0 Å². The minimum absolute atomic E-state index is 0.336. The van der Waals surface area contributed by atoms with Crippen molar-refractivity contribution in [2.24, 2.45) is 0 Å². The molecule has 0 bridgehead atoms. The van der Waals surface area contributed by atoms with Gasteiger partial charge in [0.1, 0.15) is 5.82 Å². The fourth-order valence-electron chi connectivity index (χ4n) is 1.32. The lowest BCUT2D eigenvalue weighted by molar-refractivity contribution is 0.194. The Morgan fingerprint density at radius 3 is 2.43 bits per heavy atom. The van der Waals surface area contributed by atoms with E-state index < -0.39 is 0 Å². The van der Waals surface area contributed by atoms with Crippen LogP contribution in [0.1, 0.15) is 43.9 Å². The van der Waals surface area contributed by atoms with Crippen molar-refractivity contribution in [1.82, 2.24) is 9.97 Å². The Labute approximate surface area is 85.2 Å². The van der Waals surface area contributed by atoms with Crippen LogP contribution in [0, 0.1) is 6.92 Å². The zero-order valence-corrected chi connectivity index (χ0v) is 9.28. The molecule has 1 aromatic heterocycles. The highest BCUT2D eigenvalue weighted by molar-refractivity contribution is 5.12. The second-order valence-corrected chi connectivity index (χ2v) is 4.07. The van der Waals surface area contributed by atoms with E-state index in [4.69, 9.17) is 0 Å². The third-order valence-electron chi connectivity index (χ3n) is 1.95. The number of aliphatic hydroxyl groups excluding tert-OH is 1. The van der Waals surface area contributed by atoms with Crippen molar-refractivity contribution in [2.45, 2.75) is 46.1 Å². The summed E-state index contributed by atoms with van der Waals surface area (Å²) in [6.07, 6.45) is 0.257. The number of aryl methyl sites for hydroxylation is 1. The van der Waals surface area contributed by atoms with Crippen molar-refractivity contribution in [3.05, 3.63) is 23.3 Å². The van der Waals surface area contributed by atoms with Crippen LogP contribution in [-0.2, 0) is 6.42 Å². The molecule has 1 unspecified atom stereocenters. The predicted molar refractivity (Wildman–Crippen MR) is 56.2 cm³/mol. The number of aliphatic hydroxyl groups is 1. The van der Waals surface area contributed by atoms with Gasteiger partial charge in [-0.05, 0) is 19.9 Å². The lowest BCUT2D eigenvalue weighted by Crippen LogP contribution is -2.09. The number of rotatable bonds is 3. The van der Waals surface area contributed by atoms with Gasteiger partial charge in [0.15, 0.2) is 0 Å². The molecule has 0 aliphatic rings. The Hall–Kier alpha value is -0.960. The minimum atomic E-state index is -0.343. The van der Waals surface area contributed by atoms with E-state index in [0.29, 0.717) is 12.3 Å². The molecule has 0 aliphatic carbocycles. The van der Waals surface area contributed by atoms with Crippen LogP contribution in [0.5, 0.6) is 0 Å². The first-order valence-electron chi connectivity index (χ1n) is 5.01. The summed E-state index contributed by atoms with van der Waals surface area (Å²) in [4.78, 5) is 8.75. The molecule has 0 aromatic carbocycles. The lowest BCUT2D eigenvalue weighted by atomic mass is 10.1. The molecule has 1 atom stereocenters. The average molecular weight is 194 g/mol. The molecule has 0 fully saturated rings. The van der Waals surface area contributed by atoms with Crippen LogP contribution in [-0.4, -0.2) is 21.2 Å². The molecule has 0 saturated carbocycles. The van der Waals surface area contributed by atoms with Crippen LogP contribution in [0.2, 0.25) is 0 Å². The van der Waals surface area contributed by atoms with Crippen molar-refractivity contribution in [3.8, 4) is 0 Å². The van der Waals surface area contributed by atoms with Gasteiger partial charge in [0.25, 0.3) is 0 Å². The van der Waals surface area contributed by atoms with Gasteiger partial charge in [0.2, 0.25) is 0 Å². The van der Waals surface area contributed by atoms with Gasteiger partial charge in [-0.15, -0.1) is 0 Å². The van der Waals surface area contributed by atoms with Gasteiger partial charge in [-0.1, -0.05) is 13.8 Å². The van der Waals surface area contributed by atoms with Gasteiger partial charge in [-0.2, -0.15) is 0 Å². The first-order chi connectivity index (χ1) is 6.49. The van der Waals surface area contributed by atoms with E-state index in [1.807, 2.05) is 13.0 Å². The molecule has 0 amide bonds. The van der Waals surface area contributed by atoms with Gasteiger partial charge < -0.3 is 5.11 Å². The van der Waals surface area contributed by atoms with Crippen molar-refractivity contribution in [1.29, 1.82) is 0 Å². The molecule has 0 saturated heterocycles. The highest BCUT2D eigenvalue weighted by Gasteiger charge is 2.07. The summed E-state index contributed by atoms with van der Waals surface area (Å²) in [5.74, 6) is 1.20. The van der Waals surface area contributed by atoms with E-state index in [1.54, 1.807) is 6.92 Å². The van der Waals surface area contributed by atoms with Crippen molar-refractivity contribution in [3.63, 3.8) is 0 Å². The molecule has 0 spiro atoms. The van der Waals surface area contributed by atoms with Gasteiger partial charge in [0, 0.05) is 23.7 Å². The van der Waals surface area contributed by atoms with E-state index in [-0.39, 0.29) is 6.10 Å². The molecule has 1 N–H and O–H groups in total. The minimum Gasteiger partial charge on any atom is -0.393 e. The maximum absolute atomic E-state index is 9.27. The third kappa shape index (κ3) is 3.07. The Morgan fingerprint density at radius 2 is 1.93 bits per heavy atom. The fourth-order valence-corrected chi connectivity index (χ4v) is 1.32. The highest BCUT2D eigenvalue weighted by atomic mass is 16.3. The number of hydrogen-bond acceptors (Lipinski definition) is 3. The smallest absolute Gasteiger partial charge is 0.131 e. The molecule has 1 aromatic rings. The molecular formula is C11H18N2O. The van der Waals surface area contributed by atoms with Crippen LogP contribution >= 0.6 is 0 Å². The van der Waals surface area contributed by atoms with Crippen LogP contribution < -0.4 is 0 Å². The molecule has 1 heterocycles. The largest absolute Gasteiger partial charge is 0.393 e. The van der Waals surface area contributed by atoms with Gasteiger partial charge in [-0.3, -0.25) is 0 Å². The van der Waals surface area contributed by atoms with E-state index in [0.717, 1.165) is 17.2 Å². The third-order valence-corrected chi connectivity index (χ3v) is 1.95. The quantitative estimate of drug-likeness (QED) is 0.798. The second kappa shape index (κ2) is 4.51. The van der Waals surface area contributed by atoms with Gasteiger partial charge in [-0.25, -0.2) is 9.97 Å². The van der Waals surface area contributed by atoms with E-state index in [1.165, 1.54) is 0 Å². The molecule has 3 nitrogen and oxygen atoms in total. The Morgan fingerprint density at radius 1 is 1.29 bits per heavy atom. The highest BCUT2D eigenvalue weighted by Crippen LogP contribution is 2.11. The Balaban J connectivity index is 2.95. The maximum atomic E-state index is 9.27. The predicted octanol–water partition coefficient (Wildman–Crippen LogP) is 1.83. The zero-order chi connectivity index (χ0) is 10.7. The molecule has 1 rings (SSSR count). The molecule has 0 aliphatic heterocycles. The van der Waals surface area contributed by atoms with Crippen molar-refractivity contribution >= 4 is 0 Å². The number of aromatic nitrogens is 2. The lowest BCUT2D eigenvalue weighted by Gasteiger charge is -2.09. The monoisotopic (exact) mass is 194 g/mol. The Kier molecular flexibility index (Phi) is 3.58. The van der Waals surface area contributed by atoms with Crippen LogP contribution in [0.4, 0.5) is 0 Å². The summed E-state index contributed by atoms with van der Waals surface area (Å²) >= 11 is 0. The average Bonchev–Trinajstić information content (AvgIpc) is 2.01. The molecule has 3 heteroatoms. The number of hydrogen-bond donors (Lipinski definition) is 1. The first kappa shape index (κ1) is 11.1. The number of nitrogens with zero attached hydrogens (tertiary/aromatic N) is 2. The van der Waals surface area contributed by atoms with E-state index >= 15 is 0 Å². The van der Waals surface area contributed by atoms with Crippen LogP contribution in [0.15, 0.2) is 6.07 Å². The SMILES string of the molecule is Cc1cc(CC(C)O)nc(C(C)C)n1. The summed E-state index contributed by atoms with van der Waals surface area (Å²) in [6.45, 7) is 7.87. The Bertz CT molecular complexity index is 308. The molecule has 78 valence electrons. The second-order valence-electron chi connectivity index (χ2n) is 4.07. The van der Waals surface area contributed by atoms with Crippen LogP contribution in [0.3, 0.4) is 0 Å². The van der Waals surface area contributed by atoms with E-state index in [9.17, 15) is 5.11 Å². The fraction of sp³-hybridized carbons (Fsp3) is 0.636. The molecule has 0 radical (unpaired) electrons. The van der Waals surface area contributed by atoms with E-state index in [2.05, 4.69) is 23.8 Å². The summed E-state index contributed by atoms with van der Waals surface area (Å²) < 4.78 is 0. The molecular weight excluding hydrogens is 176 g/mol. The van der Waals surface area contributed by atoms with Gasteiger partial charge in [0.05, 0.1) is 6.10 Å². The van der Waals surface area contributed by atoms with Crippen molar-refractivity contribution < 1.29 is 5.11 Å². The summed E-state index contributed by atoms with van der Waals surface area (Å²) in [5, 5.41) is 9.27. The summed E-state index contributed by atoms with van der Waals surface area (Å²) in [5.41, 5.74) is 1.90. The normalized spacial score (nSPS) is 13.3. The summed E-state index contributed by atoms with van der Waals surface area (Å²) in [6, 6.07) is 1.93.